The number of amides is 1. The number of carbonyl (C=O) groups is 1. The van der Waals surface area contributed by atoms with Crippen molar-refractivity contribution in [1.82, 2.24) is 24.4 Å². The average molecular weight is 433 g/mol. The van der Waals surface area contributed by atoms with Crippen LogP contribution in [0.1, 0.15) is 56.1 Å². The topological polar surface area (TPSA) is 92.8 Å². The van der Waals surface area contributed by atoms with Crippen LogP contribution < -0.4 is 5.73 Å². The molecule has 2 aromatic heterocycles. The third kappa shape index (κ3) is 4.35. The molecule has 2 aliphatic rings. The molecule has 1 fully saturated rings. The summed E-state index contributed by atoms with van der Waals surface area (Å²) in [6.45, 7) is 1.42. The Bertz CT molecular complexity index is 1020. The molecule has 168 valence electrons. The number of H-pyrrole nitrogens is 1. The molecule has 1 saturated carbocycles. The van der Waals surface area contributed by atoms with Crippen LogP contribution in [0.15, 0.2) is 49.1 Å². The van der Waals surface area contributed by atoms with Crippen LogP contribution in [-0.2, 0) is 17.8 Å². The summed E-state index contributed by atoms with van der Waals surface area (Å²) in [6, 6.07) is 9.66. The molecule has 0 spiro atoms. The Morgan fingerprint density at radius 3 is 2.72 bits per heavy atom. The lowest BCUT2D eigenvalue weighted by molar-refractivity contribution is -0.137. The summed E-state index contributed by atoms with van der Waals surface area (Å²) in [6.07, 6.45) is 13.4. The van der Waals surface area contributed by atoms with E-state index in [1.807, 2.05) is 29.3 Å². The number of nitrogens with two attached hydrogens (primary N) is 1. The van der Waals surface area contributed by atoms with E-state index in [1.54, 1.807) is 6.33 Å². The Kier molecular flexibility index (Phi) is 6.08. The monoisotopic (exact) mass is 432 g/mol. The zero-order chi connectivity index (χ0) is 21.9. The van der Waals surface area contributed by atoms with Crippen LogP contribution in [0.25, 0.3) is 11.3 Å². The number of hydrogen-bond acceptors (Lipinski definition) is 4. The maximum Gasteiger partial charge on any atom is 0.240 e. The molecule has 0 unspecified atom stereocenters. The van der Waals surface area contributed by atoms with Gasteiger partial charge in [0.05, 0.1) is 29.8 Å². The van der Waals surface area contributed by atoms with Gasteiger partial charge >= 0.3 is 0 Å². The van der Waals surface area contributed by atoms with Crippen molar-refractivity contribution in [2.75, 3.05) is 6.54 Å². The van der Waals surface area contributed by atoms with Gasteiger partial charge in [0.1, 0.15) is 5.82 Å². The van der Waals surface area contributed by atoms with Gasteiger partial charge in [-0.3, -0.25) is 4.79 Å². The van der Waals surface area contributed by atoms with Gasteiger partial charge in [-0.05, 0) is 12.3 Å². The lowest BCUT2D eigenvalue weighted by Gasteiger charge is -2.39. The van der Waals surface area contributed by atoms with Gasteiger partial charge in [-0.15, -0.1) is 0 Å². The first-order chi connectivity index (χ1) is 15.7. The Morgan fingerprint density at radius 1 is 1.16 bits per heavy atom. The van der Waals surface area contributed by atoms with Crippen molar-refractivity contribution in [3.05, 3.63) is 60.6 Å². The second-order valence-corrected chi connectivity index (χ2v) is 9.20. The largest absolute Gasteiger partial charge is 0.351 e. The van der Waals surface area contributed by atoms with Crippen LogP contribution in [0.3, 0.4) is 0 Å². The van der Waals surface area contributed by atoms with Crippen molar-refractivity contribution in [3.63, 3.8) is 0 Å². The van der Waals surface area contributed by atoms with Crippen LogP contribution >= 0.6 is 0 Å². The average Bonchev–Trinajstić information content (AvgIpc) is 3.50. The highest BCUT2D eigenvalue weighted by molar-refractivity contribution is 5.82. The van der Waals surface area contributed by atoms with E-state index in [1.165, 1.54) is 32.1 Å². The standard InChI is InChI=1S/C25H32N6O/c26-21(14-20-15-27-17-28-20)25(32)31-12-11-30-16-22(19-9-5-2-6-10-19)29-24(30)23(31)13-18-7-3-1-4-8-18/h2,5-6,9-10,15-18,21,23H,1,3-4,7-8,11-14,26H2,(H,27,28)/t21-,23-/m0/s1. The van der Waals surface area contributed by atoms with Crippen LogP contribution in [0, 0.1) is 5.92 Å². The molecule has 1 aromatic carbocycles. The Balaban J connectivity index is 1.42. The predicted molar refractivity (Wildman–Crippen MR) is 124 cm³/mol. The van der Waals surface area contributed by atoms with Gasteiger partial charge in [0.25, 0.3) is 0 Å². The summed E-state index contributed by atoms with van der Waals surface area (Å²) in [5.74, 6) is 1.64. The van der Waals surface area contributed by atoms with E-state index in [4.69, 9.17) is 10.7 Å². The highest BCUT2D eigenvalue weighted by atomic mass is 16.2. The molecular weight excluding hydrogens is 400 g/mol. The summed E-state index contributed by atoms with van der Waals surface area (Å²) >= 11 is 0. The van der Waals surface area contributed by atoms with Crippen molar-refractivity contribution in [2.45, 2.75) is 63.6 Å². The molecule has 1 aliphatic carbocycles. The number of aromatic nitrogens is 4. The fraction of sp³-hybridized carbons (Fsp3) is 0.480. The second-order valence-electron chi connectivity index (χ2n) is 9.20. The number of fused-ring (bicyclic) bond motifs is 1. The third-order valence-corrected chi connectivity index (χ3v) is 7.00. The molecule has 3 N–H and O–H groups in total. The highest BCUT2D eigenvalue weighted by Crippen LogP contribution is 2.37. The van der Waals surface area contributed by atoms with Gasteiger partial charge in [-0.2, -0.15) is 0 Å². The zero-order valence-corrected chi connectivity index (χ0v) is 18.5. The van der Waals surface area contributed by atoms with E-state index in [9.17, 15) is 4.79 Å². The first-order valence-electron chi connectivity index (χ1n) is 11.9. The number of nitrogens with one attached hydrogen (secondary N) is 1. The molecule has 1 amide bonds. The molecule has 2 atom stereocenters. The number of aromatic amines is 1. The molecule has 0 saturated heterocycles. The van der Waals surface area contributed by atoms with Crippen molar-refractivity contribution < 1.29 is 4.79 Å². The molecule has 3 aromatic rings. The molecule has 0 radical (unpaired) electrons. The summed E-state index contributed by atoms with van der Waals surface area (Å²) in [5, 5.41) is 0. The minimum absolute atomic E-state index is 0.00400. The lowest BCUT2D eigenvalue weighted by atomic mass is 9.84. The van der Waals surface area contributed by atoms with Crippen molar-refractivity contribution in [1.29, 1.82) is 0 Å². The van der Waals surface area contributed by atoms with E-state index in [2.05, 4.69) is 32.9 Å². The first-order valence-corrected chi connectivity index (χ1v) is 11.9. The Hall–Kier alpha value is -2.93. The minimum Gasteiger partial charge on any atom is -0.351 e. The van der Waals surface area contributed by atoms with E-state index < -0.39 is 6.04 Å². The molecular formula is C25H32N6O. The van der Waals surface area contributed by atoms with Crippen molar-refractivity contribution in [2.24, 2.45) is 11.7 Å². The number of carbonyl (C=O) groups excluding carboxylic acids is 1. The van der Waals surface area contributed by atoms with Crippen LogP contribution in [0.5, 0.6) is 0 Å². The van der Waals surface area contributed by atoms with E-state index in [0.29, 0.717) is 18.9 Å². The first kappa shape index (κ1) is 20.9. The summed E-state index contributed by atoms with van der Waals surface area (Å²) in [7, 11) is 0. The molecule has 0 bridgehead atoms. The predicted octanol–water partition coefficient (Wildman–Crippen LogP) is 3.70. The molecule has 7 heteroatoms. The Labute approximate surface area is 189 Å². The fourth-order valence-electron chi connectivity index (χ4n) is 5.30. The number of nitrogens with zero attached hydrogens (tertiary/aromatic N) is 4. The van der Waals surface area contributed by atoms with Crippen molar-refractivity contribution >= 4 is 5.91 Å². The summed E-state index contributed by atoms with van der Waals surface area (Å²) in [5.41, 5.74) is 9.28. The molecule has 5 rings (SSSR count). The molecule has 7 nitrogen and oxygen atoms in total. The molecule has 1 aliphatic heterocycles. The van der Waals surface area contributed by atoms with Gasteiger partial charge in [0, 0.05) is 37.5 Å². The smallest absolute Gasteiger partial charge is 0.240 e. The van der Waals surface area contributed by atoms with Gasteiger partial charge in [0.15, 0.2) is 0 Å². The van der Waals surface area contributed by atoms with E-state index in [-0.39, 0.29) is 11.9 Å². The fourth-order valence-corrected chi connectivity index (χ4v) is 5.30. The van der Waals surface area contributed by atoms with Crippen LogP contribution in [0.2, 0.25) is 0 Å². The van der Waals surface area contributed by atoms with Gasteiger partial charge < -0.3 is 20.2 Å². The normalized spacial score (nSPS) is 20.2. The van der Waals surface area contributed by atoms with Crippen LogP contribution in [0.4, 0.5) is 0 Å². The molecule has 32 heavy (non-hydrogen) atoms. The summed E-state index contributed by atoms with van der Waals surface area (Å²) in [4.78, 5) is 27.7. The number of rotatable bonds is 6. The SMILES string of the molecule is N[C@@H](Cc1c[nH]cn1)C(=O)N1CCn2cc(-c3ccccc3)nc2[C@@H]1CC1CCCCC1. The third-order valence-electron chi connectivity index (χ3n) is 7.00. The van der Waals surface area contributed by atoms with Gasteiger partial charge in [0.2, 0.25) is 5.91 Å². The lowest BCUT2D eigenvalue weighted by Crippen LogP contribution is -2.50. The van der Waals surface area contributed by atoms with Crippen LogP contribution in [-0.4, -0.2) is 42.9 Å². The maximum absolute atomic E-state index is 13.5. The quantitative estimate of drug-likeness (QED) is 0.621. The zero-order valence-electron chi connectivity index (χ0n) is 18.5. The van der Waals surface area contributed by atoms with E-state index >= 15 is 0 Å². The summed E-state index contributed by atoms with van der Waals surface area (Å²) < 4.78 is 2.25. The number of benzene rings is 1. The van der Waals surface area contributed by atoms with Crippen molar-refractivity contribution in [3.8, 4) is 11.3 Å². The Morgan fingerprint density at radius 2 is 1.97 bits per heavy atom. The maximum atomic E-state index is 13.5. The highest BCUT2D eigenvalue weighted by Gasteiger charge is 2.36. The van der Waals surface area contributed by atoms with Gasteiger partial charge in [-0.25, -0.2) is 9.97 Å². The number of hydrogen-bond donors (Lipinski definition) is 2. The van der Waals surface area contributed by atoms with Gasteiger partial charge in [-0.1, -0.05) is 62.4 Å². The second kappa shape index (κ2) is 9.28. The number of imidazole rings is 2. The van der Waals surface area contributed by atoms with E-state index in [0.717, 1.165) is 35.7 Å². The minimum atomic E-state index is -0.595. The molecule has 3 heterocycles.